The van der Waals surface area contributed by atoms with Crippen LogP contribution in [0.15, 0.2) is 24.3 Å². The first-order valence-electron chi connectivity index (χ1n) is 2.94. The second kappa shape index (κ2) is 5.89. The molecule has 1 aromatic rings. The van der Waals surface area contributed by atoms with Crippen LogP contribution in [0.1, 0.15) is 5.56 Å². The molecule has 1 rings (SSSR count). The van der Waals surface area contributed by atoms with E-state index in [-0.39, 0.29) is 17.6 Å². The third kappa shape index (κ3) is 3.75. The maximum absolute atomic E-state index is 11.9. The van der Waals surface area contributed by atoms with E-state index in [0.29, 0.717) is 0 Å². The maximum Gasteiger partial charge on any atom is 0.139 e. The minimum atomic E-state index is -0.361. The van der Waals surface area contributed by atoms with Gasteiger partial charge in [-0.05, 0) is 5.56 Å². The van der Waals surface area contributed by atoms with Gasteiger partial charge >= 0.3 is 0 Å². The van der Waals surface area contributed by atoms with Crippen molar-refractivity contribution in [1.82, 2.24) is 0 Å². The van der Waals surface area contributed by atoms with Crippen molar-refractivity contribution < 1.29 is 15.3 Å². The van der Waals surface area contributed by atoms with Crippen LogP contribution in [0.3, 0.4) is 0 Å². The molecule has 0 saturated carbocycles. The van der Waals surface area contributed by atoms with Crippen LogP contribution in [0.4, 0.5) is 4.39 Å². The van der Waals surface area contributed by atoms with Crippen LogP contribution in [0.5, 0.6) is 0 Å². The molecule has 0 fully saturated rings. The van der Waals surface area contributed by atoms with Crippen molar-refractivity contribution in [2.45, 2.75) is 6.67 Å². The second-order valence-corrected chi connectivity index (χ2v) is 2.12. The summed E-state index contributed by atoms with van der Waals surface area (Å²) in [4.78, 5) is 0. The SMILES string of the molecule is Bc1ccc(CF)cc1.O.O. The third-order valence-electron chi connectivity index (χ3n) is 1.27. The molecular weight excluding hydrogens is 146 g/mol. The van der Waals surface area contributed by atoms with Gasteiger partial charge in [-0.1, -0.05) is 29.7 Å². The Morgan fingerprint density at radius 1 is 1.09 bits per heavy atom. The molecule has 62 valence electrons. The van der Waals surface area contributed by atoms with Gasteiger partial charge in [-0.2, -0.15) is 0 Å². The summed E-state index contributed by atoms with van der Waals surface area (Å²) in [5, 5.41) is 0. The summed E-state index contributed by atoms with van der Waals surface area (Å²) in [6.07, 6.45) is 0. The average molecular weight is 158 g/mol. The monoisotopic (exact) mass is 158 g/mol. The van der Waals surface area contributed by atoms with E-state index in [4.69, 9.17) is 0 Å². The zero-order valence-electron chi connectivity index (χ0n) is 6.39. The lowest BCUT2D eigenvalue weighted by Crippen LogP contribution is -1.99. The van der Waals surface area contributed by atoms with Gasteiger partial charge in [0.25, 0.3) is 0 Å². The van der Waals surface area contributed by atoms with Crippen LogP contribution in [-0.2, 0) is 6.67 Å². The van der Waals surface area contributed by atoms with E-state index >= 15 is 0 Å². The molecule has 2 nitrogen and oxygen atoms in total. The molecular formula is C7H12BFO2. The van der Waals surface area contributed by atoms with Gasteiger partial charge in [0.2, 0.25) is 0 Å². The van der Waals surface area contributed by atoms with Gasteiger partial charge in [0.1, 0.15) is 14.5 Å². The summed E-state index contributed by atoms with van der Waals surface area (Å²) in [6.45, 7) is -0.361. The predicted octanol–water partition coefficient (Wildman–Crippen LogP) is -1.23. The van der Waals surface area contributed by atoms with Crippen molar-refractivity contribution >= 4 is 13.3 Å². The van der Waals surface area contributed by atoms with Gasteiger partial charge in [-0.25, -0.2) is 4.39 Å². The molecule has 0 bridgehead atoms. The minimum Gasteiger partial charge on any atom is -0.412 e. The van der Waals surface area contributed by atoms with E-state index < -0.39 is 0 Å². The Balaban J connectivity index is 0. The highest BCUT2D eigenvalue weighted by Crippen LogP contribution is 1.96. The first-order chi connectivity index (χ1) is 4.33. The van der Waals surface area contributed by atoms with Crippen molar-refractivity contribution in [2.75, 3.05) is 0 Å². The molecule has 0 aliphatic rings. The van der Waals surface area contributed by atoms with Crippen LogP contribution in [0, 0.1) is 0 Å². The van der Waals surface area contributed by atoms with Gasteiger partial charge in [-0.3, -0.25) is 0 Å². The van der Waals surface area contributed by atoms with E-state index in [2.05, 4.69) is 0 Å². The fraction of sp³-hybridized carbons (Fsp3) is 0.143. The largest absolute Gasteiger partial charge is 0.412 e. The fourth-order valence-electron chi connectivity index (χ4n) is 0.677. The summed E-state index contributed by atoms with van der Waals surface area (Å²) in [5.74, 6) is 0. The molecule has 0 aliphatic carbocycles. The van der Waals surface area contributed by atoms with Crippen LogP contribution in [-0.4, -0.2) is 18.8 Å². The molecule has 0 radical (unpaired) electrons. The lowest BCUT2D eigenvalue weighted by molar-refractivity contribution is 0.485. The Bertz CT molecular complexity index is 188. The first-order valence-corrected chi connectivity index (χ1v) is 2.94. The zero-order valence-corrected chi connectivity index (χ0v) is 6.39. The van der Waals surface area contributed by atoms with Crippen LogP contribution in [0.25, 0.3) is 0 Å². The summed E-state index contributed by atoms with van der Waals surface area (Å²) in [6, 6.07) is 7.43. The van der Waals surface area contributed by atoms with Gasteiger partial charge in [0.05, 0.1) is 0 Å². The predicted molar refractivity (Wildman–Crippen MR) is 46.7 cm³/mol. The van der Waals surface area contributed by atoms with Crippen LogP contribution < -0.4 is 5.46 Å². The van der Waals surface area contributed by atoms with Crippen molar-refractivity contribution in [3.05, 3.63) is 29.8 Å². The average Bonchev–Trinajstić information content (AvgIpc) is 1.90. The Labute approximate surface area is 66.1 Å². The molecule has 0 atom stereocenters. The lowest BCUT2D eigenvalue weighted by Gasteiger charge is -1.92. The van der Waals surface area contributed by atoms with Gasteiger partial charge in [0.15, 0.2) is 0 Å². The number of hydrogen-bond acceptors (Lipinski definition) is 0. The number of rotatable bonds is 1. The highest BCUT2D eigenvalue weighted by molar-refractivity contribution is 6.32. The van der Waals surface area contributed by atoms with Crippen molar-refractivity contribution in [3.8, 4) is 0 Å². The minimum absolute atomic E-state index is 0. The molecule has 0 aromatic heterocycles. The van der Waals surface area contributed by atoms with E-state index in [1.807, 2.05) is 20.0 Å². The second-order valence-electron chi connectivity index (χ2n) is 2.12. The fourth-order valence-corrected chi connectivity index (χ4v) is 0.677. The van der Waals surface area contributed by atoms with Crippen molar-refractivity contribution in [2.24, 2.45) is 0 Å². The quantitative estimate of drug-likeness (QED) is 0.459. The summed E-state index contributed by atoms with van der Waals surface area (Å²) < 4.78 is 11.9. The van der Waals surface area contributed by atoms with Crippen LogP contribution in [0.2, 0.25) is 0 Å². The molecule has 0 saturated heterocycles. The highest BCUT2D eigenvalue weighted by atomic mass is 19.1. The summed E-state index contributed by atoms with van der Waals surface area (Å²) >= 11 is 0. The normalized spacial score (nSPS) is 7.73. The first kappa shape index (κ1) is 12.8. The molecule has 0 unspecified atom stereocenters. The van der Waals surface area contributed by atoms with Crippen LogP contribution >= 0.6 is 0 Å². The van der Waals surface area contributed by atoms with E-state index in [1.54, 1.807) is 12.1 Å². The van der Waals surface area contributed by atoms with Crippen molar-refractivity contribution in [1.29, 1.82) is 0 Å². The Morgan fingerprint density at radius 3 is 1.91 bits per heavy atom. The molecule has 4 N–H and O–H groups in total. The lowest BCUT2D eigenvalue weighted by atomic mass is 9.96. The smallest absolute Gasteiger partial charge is 0.139 e. The number of alkyl halides is 1. The van der Waals surface area contributed by atoms with E-state index in [9.17, 15) is 4.39 Å². The molecule has 0 spiro atoms. The Kier molecular flexibility index (Phi) is 6.84. The molecule has 11 heavy (non-hydrogen) atoms. The third-order valence-corrected chi connectivity index (χ3v) is 1.27. The Hall–Kier alpha value is -0.865. The maximum atomic E-state index is 11.9. The van der Waals surface area contributed by atoms with Gasteiger partial charge in [-0.15, -0.1) is 0 Å². The van der Waals surface area contributed by atoms with E-state index in [0.717, 1.165) is 5.56 Å². The standard InChI is InChI=1S/C7H8BF.2H2O/c8-7-3-1-6(5-9)2-4-7;;/h1-4H,5,8H2;2*1H2. The Morgan fingerprint density at radius 2 is 1.55 bits per heavy atom. The van der Waals surface area contributed by atoms with E-state index in [1.165, 1.54) is 5.46 Å². The molecule has 0 aliphatic heterocycles. The molecule has 0 amide bonds. The van der Waals surface area contributed by atoms with Gasteiger partial charge < -0.3 is 11.0 Å². The topological polar surface area (TPSA) is 63.0 Å². The van der Waals surface area contributed by atoms with Crippen molar-refractivity contribution in [3.63, 3.8) is 0 Å². The molecule has 1 aromatic carbocycles. The number of hydrogen-bond donors (Lipinski definition) is 0. The number of halogens is 1. The highest BCUT2D eigenvalue weighted by Gasteiger charge is 1.87. The molecule has 0 heterocycles. The summed E-state index contributed by atoms with van der Waals surface area (Å²) in [5.41, 5.74) is 1.92. The zero-order chi connectivity index (χ0) is 6.69. The summed E-state index contributed by atoms with van der Waals surface area (Å²) in [7, 11) is 1.99. The number of benzene rings is 1. The van der Waals surface area contributed by atoms with Gasteiger partial charge in [0, 0.05) is 0 Å². The molecule has 4 heteroatoms.